The molecule has 0 aliphatic carbocycles. The number of nitrogens with zero attached hydrogens (tertiary/aromatic N) is 2. The smallest absolute Gasteiger partial charge is 0.214 e. The minimum atomic E-state index is -3.11. The second-order valence-corrected chi connectivity index (χ2v) is 7.54. The molecule has 1 saturated heterocycles. The van der Waals surface area contributed by atoms with Crippen molar-refractivity contribution in [3.05, 3.63) is 23.2 Å². The number of methoxy groups -OCH3 is 1. The maximum Gasteiger partial charge on any atom is 0.214 e. The number of anilines is 1. The second-order valence-electron chi connectivity index (χ2n) is 5.02. The van der Waals surface area contributed by atoms with Crippen molar-refractivity contribution in [3.8, 4) is 5.75 Å². The molecular weight excluding hydrogens is 312 g/mol. The molecule has 0 saturated carbocycles. The Morgan fingerprint density at radius 1 is 1.24 bits per heavy atom. The molecule has 5 nitrogen and oxygen atoms in total. The van der Waals surface area contributed by atoms with Crippen LogP contribution in [0, 0.1) is 0 Å². The van der Waals surface area contributed by atoms with Gasteiger partial charge in [-0.05, 0) is 24.6 Å². The van der Waals surface area contributed by atoms with E-state index in [1.165, 1.54) is 0 Å². The van der Waals surface area contributed by atoms with Crippen molar-refractivity contribution in [2.45, 2.75) is 13.3 Å². The number of ether oxygens (including phenoxy) is 1. The number of benzene rings is 1. The van der Waals surface area contributed by atoms with Crippen molar-refractivity contribution in [1.82, 2.24) is 4.31 Å². The van der Waals surface area contributed by atoms with E-state index < -0.39 is 10.0 Å². The predicted octanol–water partition coefficient (Wildman–Crippen LogP) is 2.21. The van der Waals surface area contributed by atoms with Crippen molar-refractivity contribution in [2.75, 3.05) is 43.9 Å². The molecule has 2 rings (SSSR count). The van der Waals surface area contributed by atoms with Gasteiger partial charge in [-0.2, -0.15) is 4.31 Å². The van der Waals surface area contributed by atoms with E-state index in [9.17, 15) is 8.42 Å². The number of piperazine rings is 1. The molecule has 0 bridgehead atoms. The van der Waals surface area contributed by atoms with Crippen molar-refractivity contribution in [3.63, 3.8) is 0 Å². The molecule has 1 aliphatic rings. The summed E-state index contributed by atoms with van der Waals surface area (Å²) >= 11 is 6.05. The molecule has 1 heterocycles. The first-order valence-electron chi connectivity index (χ1n) is 7.04. The molecule has 0 amide bonds. The summed E-state index contributed by atoms with van der Waals surface area (Å²) in [6.45, 7) is 4.15. The summed E-state index contributed by atoms with van der Waals surface area (Å²) in [4.78, 5) is 2.11. The lowest BCUT2D eigenvalue weighted by atomic mass is 10.2. The van der Waals surface area contributed by atoms with Crippen LogP contribution in [0.3, 0.4) is 0 Å². The third kappa shape index (κ3) is 3.81. The van der Waals surface area contributed by atoms with Gasteiger partial charge in [-0.1, -0.05) is 18.5 Å². The van der Waals surface area contributed by atoms with Crippen LogP contribution >= 0.6 is 11.6 Å². The molecule has 0 atom stereocenters. The molecule has 1 fully saturated rings. The summed E-state index contributed by atoms with van der Waals surface area (Å²) in [6, 6.07) is 5.47. The molecule has 1 aromatic carbocycles. The number of halogens is 1. The molecule has 0 radical (unpaired) electrons. The van der Waals surface area contributed by atoms with Gasteiger partial charge in [0.2, 0.25) is 10.0 Å². The Labute approximate surface area is 131 Å². The van der Waals surface area contributed by atoms with Crippen LogP contribution in [0.5, 0.6) is 5.75 Å². The largest absolute Gasteiger partial charge is 0.495 e. The fraction of sp³-hybridized carbons (Fsp3) is 0.571. The van der Waals surface area contributed by atoms with Crippen molar-refractivity contribution >= 4 is 27.3 Å². The molecule has 1 aromatic rings. The first kappa shape index (κ1) is 16.4. The minimum absolute atomic E-state index is 0.216. The average Bonchev–Trinajstić information content (AvgIpc) is 2.47. The van der Waals surface area contributed by atoms with Crippen LogP contribution in [0.4, 0.5) is 5.69 Å². The molecule has 1 aliphatic heterocycles. The molecule has 118 valence electrons. The number of hydrogen-bond acceptors (Lipinski definition) is 4. The zero-order chi connectivity index (χ0) is 15.5. The van der Waals surface area contributed by atoms with E-state index in [4.69, 9.17) is 16.3 Å². The van der Waals surface area contributed by atoms with Gasteiger partial charge in [0.15, 0.2) is 0 Å². The highest BCUT2D eigenvalue weighted by atomic mass is 35.5. The van der Waals surface area contributed by atoms with Crippen molar-refractivity contribution in [2.24, 2.45) is 0 Å². The normalized spacial score (nSPS) is 17.0. The Bertz CT molecular complexity index is 584. The van der Waals surface area contributed by atoms with E-state index in [0.29, 0.717) is 37.6 Å². The summed E-state index contributed by atoms with van der Waals surface area (Å²) in [7, 11) is -1.49. The van der Waals surface area contributed by atoms with Crippen LogP contribution in [0.15, 0.2) is 18.2 Å². The Hall–Kier alpha value is -0.980. The number of hydrogen-bond donors (Lipinski definition) is 0. The Morgan fingerprint density at radius 2 is 1.90 bits per heavy atom. The van der Waals surface area contributed by atoms with Crippen LogP contribution < -0.4 is 9.64 Å². The molecule has 7 heteroatoms. The van der Waals surface area contributed by atoms with Crippen LogP contribution in [0.1, 0.15) is 13.3 Å². The van der Waals surface area contributed by atoms with Crippen LogP contribution in [-0.4, -0.2) is 51.8 Å². The van der Waals surface area contributed by atoms with Gasteiger partial charge in [-0.3, -0.25) is 0 Å². The highest BCUT2D eigenvalue weighted by molar-refractivity contribution is 7.89. The maximum atomic E-state index is 12.1. The van der Waals surface area contributed by atoms with E-state index in [-0.39, 0.29) is 5.75 Å². The lowest BCUT2D eigenvalue weighted by Gasteiger charge is -2.36. The van der Waals surface area contributed by atoms with Gasteiger partial charge in [-0.25, -0.2) is 8.42 Å². The Balaban J connectivity index is 2.09. The van der Waals surface area contributed by atoms with Crippen LogP contribution in [0.25, 0.3) is 0 Å². The van der Waals surface area contributed by atoms with Crippen LogP contribution in [0.2, 0.25) is 5.02 Å². The third-order valence-electron chi connectivity index (χ3n) is 3.58. The van der Waals surface area contributed by atoms with Crippen molar-refractivity contribution in [1.29, 1.82) is 0 Å². The SMILES string of the molecule is CCCS(=O)(=O)N1CCN(c2cc(Cl)ccc2OC)CC1. The van der Waals surface area contributed by atoms with Gasteiger partial charge in [0, 0.05) is 31.2 Å². The Morgan fingerprint density at radius 3 is 2.48 bits per heavy atom. The maximum absolute atomic E-state index is 12.1. The third-order valence-corrected chi connectivity index (χ3v) is 5.89. The van der Waals surface area contributed by atoms with Gasteiger partial charge >= 0.3 is 0 Å². The summed E-state index contributed by atoms with van der Waals surface area (Å²) < 4.78 is 31.1. The molecule has 21 heavy (non-hydrogen) atoms. The zero-order valence-corrected chi connectivity index (χ0v) is 14.0. The van der Waals surface area contributed by atoms with E-state index in [2.05, 4.69) is 4.90 Å². The second kappa shape index (κ2) is 6.85. The average molecular weight is 333 g/mol. The summed E-state index contributed by atoms with van der Waals surface area (Å²) in [5.41, 5.74) is 0.914. The summed E-state index contributed by atoms with van der Waals surface area (Å²) in [5, 5.41) is 0.645. The van der Waals surface area contributed by atoms with E-state index in [1.54, 1.807) is 17.5 Å². The molecule has 0 aromatic heterocycles. The standard InChI is InChI=1S/C14H21ClN2O3S/c1-3-10-21(18,19)17-8-6-16(7-9-17)13-11-12(15)4-5-14(13)20-2/h4-5,11H,3,6-10H2,1-2H3. The lowest BCUT2D eigenvalue weighted by Crippen LogP contribution is -2.49. The topological polar surface area (TPSA) is 49.9 Å². The summed E-state index contributed by atoms with van der Waals surface area (Å²) in [5.74, 6) is 0.970. The van der Waals surface area contributed by atoms with Gasteiger partial charge in [0.25, 0.3) is 0 Å². The number of rotatable bonds is 5. The van der Waals surface area contributed by atoms with Gasteiger partial charge in [-0.15, -0.1) is 0 Å². The first-order chi connectivity index (χ1) is 9.97. The Kier molecular flexibility index (Phi) is 5.35. The quantitative estimate of drug-likeness (QED) is 0.829. The lowest BCUT2D eigenvalue weighted by molar-refractivity contribution is 0.378. The first-order valence-corrected chi connectivity index (χ1v) is 9.03. The van der Waals surface area contributed by atoms with Gasteiger partial charge < -0.3 is 9.64 Å². The highest BCUT2D eigenvalue weighted by Crippen LogP contribution is 2.32. The molecule has 0 spiro atoms. The van der Waals surface area contributed by atoms with Crippen molar-refractivity contribution < 1.29 is 13.2 Å². The molecular formula is C14H21ClN2O3S. The fourth-order valence-electron chi connectivity index (χ4n) is 2.50. The monoisotopic (exact) mass is 332 g/mol. The molecule has 0 unspecified atom stereocenters. The van der Waals surface area contributed by atoms with E-state index in [1.807, 2.05) is 19.1 Å². The zero-order valence-electron chi connectivity index (χ0n) is 12.4. The van der Waals surface area contributed by atoms with E-state index >= 15 is 0 Å². The molecule has 0 N–H and O–H groups in total. The van der Waals surface area contributed by atoms with E-state index in [0.717, 1.165) is 11.4 Å². The fourth-order valence-corrected chi connectivity index (χ4v) is 4.16. The summed E-state index contributed by atoms with van der Waals surface area (Å²) in [6.07, 6.45) is 0.644. The van der Waals surface area contributed by atoms with Gasteiger partial charge in [0.05, 0.1) is 18.6 Å². The predicted molar refractivity (Wildman–Crippen MR) is 85.9 cm³/mol. The van der Waals surface area contributed by atoms with Gasteiger partial charge in [0.1, 0.15) is 5.75 Å². The number of sulfonamides is 1. The highest BCUT2D eigenvalue weighted by Gasteiger charge is 2.27. The van der Waals surface area contributed by atoms with Crippen LogP contribution in [-0.2, 0) is 10.0 Å². The minimum Gasteiger partial charge on any atom is -0.495 e.